The van der Waals surface area contributed by atoms with Crippen molar-refractivity contribution in [3.63, 3.8) is 0 Å². The van der Waals surface area contributed by atoms with E-state index in [-0.39, 0.29) is 17.5 Å². The van der Waals surface area contributed by atoms with Gasteiger partial charge in [0.05, 0.1) is 13.2 Å². The van der Waals surface area contributed by atoms with Gasteiger partial charge in [0, 0.05) is 95.8 Å². The second kappa shape index (κ2) is 17.3. The van der Waals surface area contributed by atoms with Crippen molar-refractivity contribution in [2.45, 2.75) is 25.8 Å². The predicted octanol–water partition coefficient (Wildman–Crippen LogP) is 6.24. The van der Waals surface area contributed by atoms with Gasteiger partial charge in [-0.05, 0) is 25.3 Å². The summed E-state index contributed by atoms with van der Waals surface area (Å²) in [6.07, 6.45) is -0.631. The second-order valence-corrected chi connectivity index (χ2v) is 11.3. The number of halogens is 4. The van der Waals surface area contributed by atoms with Gasteiger partial charge in [-0.1, -0.05) is 30.3 Å². The lowest BCUT2D eigenvalue weighted by molar-refractivity contribution is 0.148. The zero-order valence-corrected chi connectivity index (χ0v) is 23.5. The molecule has 0 bridgehead atoms. The van der Waals surface area contributed by atoms with Gasteiger partial charge in [-0.2, -0.15) is 0 Å². The minimum atomic E-state index is -5.22. The van der Waals surface area contributed by atoms with Gasteiger partial charge in [0.2, 0.25) is 0 Å². The molecule has 3 atom stereocenters. The van der Waals surface area contributed by atoms with Crippen LogP contribution in [0.3, 0.4) is 0 Å². The van der Waals surface area contributed by atoms with Crippen molar-refractivity contribution in [3.05, 3.63) is 35.9 Å². The summed E-state index contributed by atoms with van der Waals surface area (Å²) in [6.45, 7) is -19.0. The SMILES string of the molecule is [2H]C1([2H])CCOP(=O)(N(C([2H])([2H])C([2H])([2H])Cl)C([2H])([2H])C([2H])([2H])Cl)N1.[2H]C1([2H])CCOP(=O)(N(C([2H])([2H])C([2H])([2H])Cl)C([2H])([2H])C([2H])([2H])Cl)N1C(C)c1ccccc1. The first-order valence-corrected chi connectivity index (χ1v) is 14.6. The monoisotopic (exact) mass is 644 g/mol. The summed E-state index contributed by atoms with van der Waals surface area (Å²) in [5, 5.41) is 1.79. The van der Waals surface area contributed by atoms with E-state index in [0.29, 0.717) is 10.2 Å². The van der Waals surface area contributed by atoms with Crippen molar-refractivity contribution in [1.29, 1.82) is 0 Å². The molecule has 2 heterocycles. The standard InChI is InChI=1S/C15H23Cl2N2O2P.C7H15Cl2N2O2P/c1-14(15-6-3-2-4-7-15)19-10-5-13-21-22(19,20)18(11-8-16)12-9-17;8-2-5-11(6-3-9)14(12)10-4-1-7-13-14/h2-4,6-7,14H,5,8-13H2,1H3;1-7H2,(H,10,12)/i8D2,9D2,10D2,11D2,12D2;2D2,3D2,4D2,5D2,6D2. The Morgan fingerprint density at radius 2 is 1.53 bits per heavy atom. The average Bonchev–Trinajstić information content (AvgIpc) is 2.93. The van der Waals surface area contributed by atoms with Crippen LogP contribution >= 0.6 is 61.7 Å². The minimum Gasteiger partial charge on any atom is -0.306 e. The Morgan fingerprint density at radius 3 is 2.08 bits per heavy atom. The largest absolute Gasteiger partial charge is 0.346 e. The summed E-state index contributed by atoms with van der Waals surface area (Å²) in [4.78, 5) is 0. The first-order valence-electron chi connectivity index (χ1n) is 20.0. The van der Waals surface area contributed by atoms with E-state index in [1.54, 1.807) is 35.4 Å². The van der Waals surface area contributed by atoms with Gasteiger partial charge in [0.1, 0.15) is 0 Å². The molecule has 2 fully saturated rings. The highest BCUT2D eigenvalue weighted by Crippen LogP contribution is 2.59. The molecule has 2 aliphatic heterocycles. The Balaban J connectivity index is 0.000000404. The molecular formula is C22H38Cl4N4O4P2. The Morgan fingerprint density at radius 1 is 0.972 bits per heavy atom. The van der Waals surface area contributed by atoms with Crippen LogP contribution in [-0.4, -0.2) is 89.5 Å². The lowest BCUT2D eigenvalue weighted by Crippen LogP contribution is -2.40. The maximum absolute atomic E-state index is 14.3. The summed E-state index contributed by atoms with van der Waals surface area (Å²) in [5.41, 5.74) is 0.422. The van der Waals surface area contributed by atoms with Crippen LogP contribution in [0.25, 0.3) is 0 Å². The third-order valence-corrected chi connectivity index (χ3v) is 8.67. The van der Waals surface area contributed by atoms with Gasteiger partial charge in [-0.25, -0.2) is 19.1 Å². The van der Waals surface area contributed by atoms with Crippen molar-refractivity contribution in [2.24, 2.45) is 0 Å². The van der Waals surface area contributed by atoms with Crippen molar-refractivity contribution in [3.8, 4) is 0 Å². The normalized spacial score (nSPS) is 40.2. The molecule has 0 spiro atoms. The molecule has 2 aliphatic rings. The number of hydrogen-bond acceptors (Lipinski definition) is 4. The first-order chi connectivity index (χ1) is 24.5. The quantitative estimate of drug-likeness (QED) is 0.212. The highest BCUT2D eigenvalue weighted by Gasteiger charge is 2.43. The third-order valence-electron chi connectivity index (χ3n) is 4.38. The molecule has 0 aliphatic carbocycles. The van der Waals surface area contributed by atoms with E-state index in [1.807, 2.05) is 0 Å². The predicted molar refractivity (Wildman–Crippen MR) is 152 cm³/mol. The van der Waals surface area contributed by atoms with Crippen molar-refractivity contribution < 1.29 is 45.6 Å². The molecule has 0 radical (unpaired) electrons. The van der Waals surface area contributed by atoms with E-state index in [0.717, 1.165) is 0 Å². The van der Waals surface area contributed by atoms with Crippen LogP contribution in [-0.2, 0) is 18.2 Å². The van der Waals surface area contributed by atoms with Crippen LogP contribution in [0.5, 0.6) is 0 Å². The van der Waals surface area contributed by atoms with Crippen LogP contribution in [0, 0.1) is 0 Å². The first kappa shape index (κ1) is 14.0. The number of benzene rings is 1. The molecule has 0 amide bonds. The Labute approximate surface area is 264 Å². The molecule has 8 nitrogen and oxygen atoms in total. The number of nitrogens with zero attached hydrogens (tertiary/aromatic N) is 3. The van der Waals surface area contributed by atoms with Gasteiger partial charge in [-0.3, -0.25) is 9.13 Å². The van der Waals surface area contributed by atoms with E-state index >= 15 is 0 Å². The molecule has 1 aromatic carbocycles. The Bertz CT molecular complexity index is 1580. The summed E-state index contributed by atoms with van der Waals surface area (Å²) in [5.74, 6) is -13.5. The fourth-order valence-electron chi connectivity index (χ4n) is 2.85. The van der Waals surface area contributed by atoms with E-state index in [9.17, 15) is 9.13 Å². The van der Waals surface area contributed by atoms with E-state index in [4.69, 9.17) is 82.9 Å². The summed E-state index contributed by atoms with van der Waals surface area (Å²) in [7, 11) is -10.2. The summed E-state index contributed by atoms with van der Waals surface area (Å²) >= 11 is 21.8. The topological polar surface area (TPSA) is 74.3 Å². The lowest BCUT2D eigenvalue weighted by atomic mass is 10.1. The molecule has 3 unspecified atom stereocenters. The fraction of sp³-hybridized carbons (Fsp3) is 0.727. The minimum absolute atomic E-state index is 0.307. The van der Waals surface area contributed by atoms with Crippen LogP contribution in [0.2, 0.25) is 0 Å². The maximum atomic E-state index is 14.3. The van der Waals surface area contributed by atoms with Crippen molar-refractivity contribution in [2.75, 3.05) is 75.5 Å². The Hall–Kier alpha value is 0.600. The van der Waals surface area contributed by atoms with Crippen LogP contribution in [0.4, 0.5) is 0 Å². The van der Waals surface area contributed by atoms with Gasteiger partial charge in [0.25, 0.3) is 0 Å². The third kappa shape index (κ3) is 9.36. The van der Waals surface area contributed by atoms with E-state index < -0.39 is 102 Å². The molecule has 36 heavy (non-hydrogen) atoms. The van der Waals surface area contributed by atoms with Crippen LogP contribution < -0.4 is 5.09 Å². The fourth-order valence-corrected chi connectivity index (χ4v) is 6.68. The molecular weight excluding hydrogens is 588 g/mol. The lowest BCUT2D eigenvalue weighted by Gasteiger charge is -2.43. The molecule has 3 rings (SSSR count). The van der Waals surface area contributed by atoms with E-state index in [2.05, 4.69) is 0 Å². The van der Waals surface area contributed by atoms with Crippen LogP contribution in [0.1, 0.15) is 58.8 Å². The van der Waals surface area contributed by atoms with Gasteiger partial charge in [-0.15, -0.1) is 46.4 Å². The molecule has 0 aromatic heterocycles. The van der Waals surface area contributed by atoms with Crippen molar-refractivity contribution >= 4 is 61.7 Å². The summed E-state index contributed by atoms with van der Waals surface area (Å²) in [6, 6.07) is 7.01. The second-order valence-electron chi connectivity index (χ2n) is 6.50. The smallest absolute Gasteiger partial charge is 0.306 e. The van der Waals surface area contributed by atoms with Gasteiger partial charge in [0.15, 0.2) is 0 Å². The Kier molecular flexibility index (Phi) is 6.73. The molecule has 0 saturated carbocycles. The summed E-state index contributed by atoms with van der Waals surface area (Å²) < 4.78 is 193. The number of rotatable bonds is 12. The number of hydrogen-bond donors (Lipinski definition) is 1. The molecule has 14 heteroatoms. The zero-order valence-electron chi connectivity index (χ0n) is 38.7. The number of nitrogens with one attached hydrogen (secondary N) is 1. The van der Waals surface area contributed by atoms with Crippen molar-refractivity contribution in [1.82, 2.24) is 19.1 Å². The molecule has 208 valence electrons. The van der Waals surface area contributed by atoms with Crippen LogP contribution in [0.15, 0.2) is 30.3 Å². The molecule has 1 N–H and O–H groups in total. The molecule has 2 saturated heterocycles. The highest BCUT2D eigenvalue weighted by molar-refractivity contribution is 7.54. The molecule has 1 aromatic rings. The zero-order chi connectivity index (χ0) is 44.4. The number of alkyl halides is 4. The van der Waals surface area contributed by atoms with E-state index in [1.165, 1.54) is 6.92 Å². The van der Waals surface area contributed by atoms with Gasteiger partial charge < -0.3 is 9.05 Å². The highest BCUT2D eigenvalue weighted by atomic mass is 35.5. The average molecular weight is 646 g/mol. The van der Waals surface area contributed by atoms with Gasteiger partial charge >= 0.3 is 15.3 Å². The maximum Gasteiger partial charge on any atom is 0.346 e.